The number of nitrogens with one attached hydrogen (secondary N) is 1. The number of hydrogen-bond acceptors (Lipinski definition) is 3. The van der Waals surface area contributed by atoms with E-state index in [4.69, 9.17) is 27.9 Å². The molecule has 0 saturated heterocycles. The largest absolute Gasteiger partial charge is 0.484 e. The van der Waals surface area contributed by atoms with Crippen LogP contribution in [0.1, 0.15) is 37.5 Å². The van der Waals surface area contributed by atoms with Gasteiger partial charge in [-0.05, 0) is 61.6 Å². The summed E-state index contributed by atoms with van der Waals surface area (Å²) >= 11 is 12.5. The minimum absolute atomic E-state index is 0.202. The third kappa shape index (κ3) is 7.15. The normalized spacial score (nSPS) is 11.9. The molecular weight excluding hydrogens is 435 g/mol. The SMILES string of the molecule is Cc1cc(OCC(=O)N(Cc2ccccc2Cl)[C@@H](C)C(=O)NCC(C)C)cc(C)c1Cl. The number of aryl methyl sites for hydroxylation is 2. The van der Waals surface area contributed by atoms with Gasteiger partial charge in [-0.25, -0.2) is 0 Å². The van der Waals surface area contributed by atoms with Crippen LogP contribution in [0.15, 0.2) is 36.4 Å². The van der Waals surface area contributed by atoms with Gasteiger partial charge < -0.3 is 15.0 Å². The quantitative estimate of drug-likeness (QED) is 0.555. The van der Waals surface area contributed by atoms with Crippen LogP contribution in [0.4, 0.5) is 0 Å². The molecule has 7 heteroatoms. The monoisotopic (exact) mass is 464 g/mol. The Morgan fingerprint density at radius 2 is 1.68 bits per heavy atom. The number of amides is 2. The van der Waals surface area contributed by atoms with E-state index in [-0.39, 0.29) is 25.0 Å². The Kier molecular flexibility index (Phi) is 9.20. The van der Waals surface area contributed by atoms with Crippen molar-refractivity contribution in [1.82, 2.24) is 10.2 Å². The molecule has 0 heterocycles. The molecule has 1 N–H and O–H groups in total. The van der Waals surface area contributed by atoms with Gasteiger partial charge >= 0.3 is 0 Å². The Labute approximate surface area is 194 Å². The van der Waals surface area contributed by atoms with E-state index in [0.29, 0.717) is 28.3 Å². The molecule has 0 fully saturated rings. The van der Waals surface area contributed by atoms with Crippen molar-refractivity contribution >= 4 is 35.0 Å². The summed E-state index contributed by atoms with van der Waals surface area (Å²) < 4.78 is 5.75. The molecule has 0 radical (unpaired) electrons. The van der Waals surface area contributed by atoms with Crippen molar-refractivity contribution in [3.8, 4) is 5.75 Å². The summed E-state index contributed by atoms with van der Waals surface area (Å²) in [6.45, 7) is 10.1. The minimum atomic E-state index is -0.681. The maximum absolute atomic E-state index is 13.1. The second kappa shape index (κ2) is 11.4. The van der Waals surface area contributed by atoms with E-state index in [1.165, 1.54) is 4.90 Å². The zero-order chi connectivity index (χ0) is 23.1. The first-order valence-electron chi connectivity index (χ1n) is 10.3. The van der Waals surface area contributed by atoms with Crippen molar-refractivity contribution in [2.24, 2.45) is 5.92 Å². The molecule has 0 spiro atoms. The van der Waals surface area contributed by atoms with Gasteiger partial charge in [0.05, 0.1) is 0 Å². The second-order valence-corrected chi connectivity index (χ2v) is 8.87. The van der Waals surface area contributed by atoms with Crippen LogP contribution in [-0.4, -0.2) is 35.9 Å². The average Bonchev–Trinajstić information content (AvgIpc) is 2.72. The maximum Gasteiger partial charge on any atom is 0.261 e. The molecule has 168 valence electrons. The first-order valence-corrected chi connectivity index (χ1v) is 11.1. The molecule has 0 aliphatic heterocycles. The van der Waals surface area contributed by atoms with E-state index in [2.05, 4.69) is 5.32 Å². The highest BCUT2D eigenvalue weighted by Crippen LogP contribution is 2.26. The van der Waals surface area contributed by atoms with Crippen LogP contribution in [0.5, 0.6) is 5.75 Å². The van der Waals surface area contributed by atoms with Gasteiger partial charge in [-0.1, -0.05) is 55.2 Å². The number of nitrogens with zero attached hydrogens (tertiary/aromatic N) is 1. The van der Waals surface area contributed by atoms with E-state index in [0.717, 1.165) is 16.7 Å². The Hall–Kier alpha value is -2.24. The Balaban J connectivity index is 2.19. The van der Waals surface area contributed by atoms with Crippen LogP contribution in [0.2, 0.25) is 10.0 Å². The number of benzene rings is 2. The van der Waals surface area contributed by atoms with Crippen molar-refractivity contribution in [2.75, 3.05) is 13.2 Å². The number of carbonyl (C=O) groups excluding carboxylic acids is 2. The van der Waals surface area contributed by atoms with Crippen LogP contribution in [0, 0.1) is 19.8 Å². The minimum Gasteiger partial charge on any atom is -0.484 e. The summed E-state index contributed by atoms with van der Waals surface area (Å²) in [5, 5.41) is 4.11. The predicted octanol–water partition coefficient (Wildman–Crippen LogP) is 5.18. The fourth-order valence-corrected chi connectivity index (χ4v) is 3.37. The highest BCUT2D eigenvalue weighted by Gasteiger charge is 2.27. The van der Waals surface area contributed by atoms with Crippen LogP contribution < -0.4 is 10.1 Å². The molecule has 0 aliphatic carbocycles. The van der Waals surface area contributed by atoms with Gasteiger partial charge in [0.15, 0.2) is 6.61 Å². The van der Waals surface area contributed by atoms with Gasteiger partial charge in [-0.2, -0.15) is 0 Å². The Morgan fingerprint density at radius 1 is 1.06 bits per heavy atom. The predicted molar refractivity (Wildman–Crippen MR) is 126 cm³/mol. The molecule has 0 saturated carbocycles. The molecule has 2 aromatic rings. The van der Waals surface area contributed by atoms with Gasteiger partial charge in [0, 0.05) is 23.1 Å². The molecule has 0 aliphatic rings. The number of carbonyl (C=O) groups is 2. The van der Waals surface area contributed by atoms with Crippen molar-refractivity contribution in [3.63, 3.8) is 0 Å². The number of rotatable bonds is 9. The van der Waals surface area contributed by atoms with Gasteiger partial charge in [-0.15, -0.1) is 0 Å². The van der Waals surface area contributed by atoms with E-state index < -0.39 is 6.04 Å². The van der Waals surface area contributed by atoms with E-state index in [9.17, 15) is 9.59 Å². The van der Waals surface area contributed by atoms with Crippen LogP contribution in [0.25, 0.3) is 0 Å². The summed E-state index contributed by atoms with van der Waals surface area (Å²) in [5.74, 6) is 0.343. The van der Waals surface area contributed by atoms with Crippen LogP contribution in [-0.2, 0) is 16.1 Å². The average molecular weight is 465 g/mol. The molecule has 0 bridgehead atoms. The molecular formula is C24H30Cl2N2O3. The lowest BCUT2D eigenvalue weighted by molar-refractivity contribution is -0.142. The van der Waals surface area contributed by atoms with E-state index in [1.54, 1.807) is 25.1 Å². The zero-order valence-electron chi connectivity index (χ0n) is 18.7. The molecule has 0 aromatic heterocycles. The first kappa shape index (κ1) is 25.0. The van der Waals surface area contributed by atoms with E-state index in [1.807, 2.05) is 45.9 Å². The third-order valence-corrected chi connectivity index (χ3v) is 5.89. The fraction of sp³-hybridized carbons (Fsp3) is 0.417. The summed E-state index contributed by atoms with van der Waals surface area (Å²) in [5.41, 5.74) is 2.51. The molecule has 0 unspecified atom stereocenters. The molecule has 1 atom stereocenters. The Morgan fingerprint density at radius 3 is 2.26 bits per heavy atom. The number of hydrogen-bond donors (Lipinski definition) is 1. The molecule has 31 heavy (non-hydrogen) atoms. The molecule has 5 nitrogen and oxygen atoms in total. The van der Waals surface area contributed by atoms with Gasteiger partial charge in [-0.3, -0.25) is 9.59 Å². The lowest BCUT2D eigenvalue weighted by atomic mass is 10.1. The first-order chi connectivity index (χ1) is 14.6. The lowest BCUT2D eigenvalue weighted by Crippen LogP contribution is -2.49. The van der Waals surface area contributed by atoms with Crippen molar-refractivity contribution in [2.45, 2.75) is 47.2 Å². The smallest absolute Gasteiger partial charge is 0.261 e. The maximum atomic E-state index is 13.1. The molecule has 2 aromatic carbocycles. The summed E-state index contributed by atoms with van der Waals surface area (Å²) in [4.78, 5) is 27.3. The zero-order valence-corrected chi connectivity index (χ0v) is 20.2. The Bertz CT molecular complexity index is 908. The summed E-state index contributed by atoms with van der Waals surface area (Å²) in [6, 6.07) is 10.2. The van der Waals surface area contributed by atoms with Crippen molar-refractivity contribution in [3.05, 3.63) is 63.1 Å². The highest BCUT2D eigenvalue weighted by molar-refractivity contribution is 6.32. The number of halogens is 2. The highest BCUT2D eigenvalue weighted by atomic mass is 35.5. The standard InChI is InChI=1S/C24H30Cl2N2O3/c1-15(2)12-27-24(30)18(5)28(13-19-8-6-7-9-21(19)25)22(29)14-31-20-10-16(3)23(26)17(4)11-20/h6-11,15,18H,12-14H2,1-5H3,(H,27,30)/t18-/m0/s1. The van der Waals surface area contributed by atoms with Gasteiger partial charge in [0.25, 0.3) is 5.91 Å². The van der Waals surface area contributed by atoms with Crippen LogP contribution in [0.3, 0.4) is 0 Å². The van der Waals surface area contributed by atoms with E-state index >= 15 is 0 Å². The van der Waals surface area contributed by atoms with Crippen molar-refractivity contribution < 1.29 is 14.3 Å². The van der Waals surface area contributed by atoms with Crippen molar-refractivity contribution in [1.29, 1.82) is 0 Å². The van der Waals surface area contributed by atoms with Gasteiger partial charge in [0.2, 0.25) is 5.91 Å². The van der Waals surface area contributed by atoms with Gasteiger partial charge in [0.1, 0.15) is 11.8 Å². The topological polar surface area (TPSA) is 58.6 Å². The summed E-state index contributed by atoms with van der Waals surface area (Å²) in [6.07, 6.45) is 0. The lowest BCUT2D eigenvalue weighted by Gasteiger charge is -2.29. The second-order valence-electron chi connectivity index (χ2n) is 8.09. The molecule has 2 rings (SSSR count). The molecule has 2 amide bonds. The summed E-state index contributed by atoms with van der Waals surface area (Å²) in [7, 11) is 0. The third-order valence-electron chi connectivity index (χ3n) is 4.92. The fourth-order valence-electron chi connectivity index (χ4n) is 3.06. The van der Waals surface area contributed by atoms with Crippen LogP contribution >= 0.6 is 23.2 Å². The number of ether oxygens (including phenoxy) is 1.